The summed E-state index contributed by atoms with van der Waals surface area (Å²) in [6.45, 7) is 9.35. The Kier molecular flexibility index (Phi) is 23.6. The van der Waals surface area contributed by atoms with Crippen LogP contribution in [0.3, 0.4) is 0 Å². The second kappa shape index (κ2) is 30.6. The average Bonchev–Trinajstić information content (AvgIpc) is 4.01. The number of ether oxygens (including phenoxy) is 4. The van der Waals surface area contributed by atoms with E-state index in [4.69, 9.17) is 18.9 Å². The summed E-state index contributed by atoms with van der Waals surface area (Å²) in [6.07, 6.45) is 1.98. The number of carbonyl (C=O) groups is 5. The predicted octanol–water partition coefficient (Wildman–Crippen LogP) is 5.46. The Bertz CT molecular complexity index is 3540. The van der Waals surface area contributed by atoms with Crippen LogP contribution in [0.1, 0.15) is 13.8 Å². The Morgan fingerprint density at radius 1 is 0.455 bits per heavy atom. The zero-order valence-corrected chi connectivity index (χ0v) is 35.1. The maximum Gasteiger partial charge on any atom is 0.349 e. The molecule has 0 fully saturated rings. The minimum absolute atomic E-state index is 0.0612. The number of methoxy groups -OCH3 is 2. The normalized spacial score (nSPS) is 13.2. The molecule has 4 atom stereocenters. The first-order chi connectivity index (χ1) is 32.1. The molecular formula is C55H24N2O9. The van der Waals surface area contributed by atoms with Gasteiger partial charge in [-0.05, 0) is 123 Å². The third kappa shape index (κ3) is 18.3. The molecule has 66 heavy (non-hydrogen) atoms. The van der Waals surface area contributed by atoms with E-state index in [1.54, 1.807) is 0 Å². The number of carbonyl (C=O) groups excluding carboxylic acids is 5. The van der Waals surface area contributed by atoms with Crippen molar-refractivity contribution in [2.24, 2.45) is 0 Å². The van der Waals surface area contributed by atoms with Crippen molar-refractivity contribution in [3.05, 3.63) is 244 Å². The van der Waals surface area contributed by atoms with Crippen molar-refractivity contribution in [3.8, 4) is 0 Å². The van der Waals surface area contributed by atoms with E-state index >= 15 is 0 Å². The molecule has 2 aliphatic rings. The van der Waals surface area contributed by atoms with Crippen LogP contribution in [0, 0.1) is 0 Å². The summed E-state index contributed by atoms with van der Waals surface area (Å²) < 4.78 is 20.4. The Labute approximate surface area is 377 Å². The highest BCUT2D eigenvalue weighted by molar-refractivity contribution is 6.35. The lowest BCUT2D eigenvalue weighted by molar-refractivity contribution is -0.156. The fourth-order valence-electron chi connectivity index (χ4n) is 4.28. The monoisotopic (exact) mass is 856 g/mol. The van der Waals surface area contributed by atoms with Crippen LogP contribution in [-0.2, 0) is 42.9 Å². The average molecular weight is 857 g/mol. The highest BCUT2D eigenvalue weighted by atomic mass is 16.6. The smallest absolute Gasteiger partial charge is 0.349 e. The van der Waals surface area contributed by atoms with Crippen LogP contribution in [0.4, 0.5) is 0 Å². The van der Waals surface area contributed by atoms with Gasteiger partial charge in [-0.2, -0.15) is 0 Å². The molecule has 0 N–H and O–H groups in total. The lowest BCUT2D eigenvalue weighted by atomic mass is 10.1. The number of amides is 2. The third-order valence-corrected chi connectivity index (χ3v) is 6.85. The number of nitrogens with zero attached hydrogens (tertiary/aromatic N) is 2. The Hall–Kier alpha value is -11.4. The van der Waals surface area contributed by atoms with E-state index in [1.807, 2.05) is 0 Å². The lowest BCUT2D eigenvalue weighted by Crippen LogP contribution is -2.56. The van der Waals surface area contributed by atoms with Gasteiger partial charge in [0.2, 0.25) is 18.0 Å². The summed E-state index contributed by atoms with van der Waals surface area (Å²) in [5.74, 6) is -5.31. The fraction of sp³-hybridized carbons (Fsp3) is 0.145. The van der Waals surface area contributed by atoms with E-state index in [9.17, 15) is 24.0 Å². The number of ketones is 1. The van der Waals surface area contributed by atoms with Gasteiger partial charge in [0.1, 0.15) is 12.1 Å². The molecule has 0 saturated heterocycles. The van der Waals surface area contributed by atoms with Crippen LogP contribution in [0.2, 0.25) is 0 Å². The molecule has 11 nitrogen and oxygen atoms in total. The van der Waals surface area contributed by atoms with Crippen LogP contribution in [-0.4, -0.2) is 77.8 Å². The molecule has 0 aromatic rings. The van der Waals surface area contributed by atoms with E-state index in [-0.39, 0.29) is 5.57 Å². The molecule has 0 spiro atoms. The first-order valence-corrected chi connectivity index (χ1v) is 17.9. The second-order valence-electron chi connectivity index (χ2n) is 11.1. The standard InChI is InChI=1S/C55H24N2O9/c1-7-8-9-10-11-12-13-14-15-16-17-18-19-20-21-22-23-24-25-26-27-28-29-30-31-32-33-34-35-36-37-38-39-40-49(56(52(59)45(2)3)47-41-43-65-50(47)54(61)63-5)57(53(60)46(4)58)48-42-44-66-51(48)55(62)64-6/h41-44,47-48,50-51H,1-2H2,3-6H3. The van der Waals surface area contributed by atoms with Crippen molar-refractivity contribution in [3.63, 3.8) is 0 Å². The van der Waals surface area contributed by atoms with Gasteiger partial charge < -0.3 is 18.9 Å². The summed E-state index contributed by atoms with van der Waals surface area (Å²) in [6, 6.07) is -2.63. The number of Topliss-reactive ketones (excluding diaryl/α,β-unsaturated/α-hetero) is 1. The van der Waals surface area contributed by atoms with E-state index in [0.717, 1.165) is 43.5 Å². The van der Waals surface area contributed by atoms with Gasteiger partial charge in [-0.3, -0.25) is 24.2 Å². The van der Waals surface area contributed by atoms with Crippen LogP contribution >= 0.6 is 0 Å². The van der Waals surface area contributed by atoms with Crippen LogP contribution in [0.5, 0.6) is 0 Å². The van der Waals surface area contributed by atoms with Gasteiger partial charge in [0.05, 0.1) is 26.7 Å². The van der Waals surface area contributed by atoms with Crippen molar-refractivity contribution in [1.82, 2.24) is 9.80 Å². The summed E-state index contributed by atoms with van der Waals surface area (Å²) in [7, 11) is 2.20. The van der Waals surface area contributed by atoms with Gasteiger partial charge in [-0.1, -0.05) is 12.3 Å². The van der Waals surface area contributed by atoms with Crippen molar-refractivity contribution in [1.29, 1.82) is 0 Å². The minimum atomic E-state index is -1.47. The minimum Gasteiger partial charge on any atom is -0.484 e. The summed E-state index contributed by atoms with van der Waals surface area (Å²) in [5.41, 5.74) is 83.9. The Morgan fingerprint density at radius 2 is 0.727 bits per heavy atom. The number of rotatable bonds is 8. The lowest BCUT2D eigenvalue weighted by Gasteiger charge is -2.38. The first-order valence-electron chi connectivity index (χ1n) is 17.9. The van der Waals surface area contributed by atoms with E-state index < -0.39 is 59.6 Å². The molecule has 2 aliphatic heterocycles. The molecule has 4 unspecified atom stereocenters. The number of esters is 2. The van der Waals surface area contributed by atoms with Crippen LogP contribution in [0.25, 0.3) is 0 Å². The van der Waals surface area contributed by atoms with Crippen LogP contribution < -0.4 is 0 Å². The molecule has 0 saturated carbocycles. The zero-order valence-electron chi connectivity index (χ0n) is 35.1. The first kappa shape index (κ1) is 50.8. The largest absolute Gasteiger partial charge is 0.484 e. The van der Waals surface area contributed by atoms with Crippen molar-refractivity contribution < 1.29 is 42.9 Å². The molecular weight excluding hydrogens is 833 g/mol. The molecule has 2 rings (SSSR count). The van der Waals surface area contributed by atoms with Gasteiger partial charge in [0.15, 0.2) is 5.82 Å². The molecule has 2 amide bonds. The predicted molar refractivity (Wildman–Crippen MR) is 227 cm³/mol. The molecule has 308 valence electrons. The zero-order chi connectivity index (χ0) is 48.2. The van der Waals surface area contributed by atoms with E-state index in [0.29, 0.717) is 0 Å². The fourth-order valence-corrected chi connectivity index (χ4v) is 4.28. The molecule has 0 aromatic heterocycles. The SMILES string of the molecule is C=C=C=C=C=C=C=C=C=C=C=C=C=C=C=C=C=C=C=C=C=C=C=C=C=C=C=C=C=C=C=C=C=C=C=C(N(C(=O)C(=C)C)C1C=COC1C(=O)OC)N(C(=O)C(C)=O)C1C=COC1C(=O)OC. The highest BCUT2D eigenvalue weighted by Gasteiger charge is 2.47. The maximum atomic E-state index is 13.8. The maximum absolute atomic E-state index is 13.8. The topological polar surface area (TPSA) is 129 Å². The Balaban J connectivity index is 2.73. The molecule has 0 aromatic carbocycles. The molecule has 11 heteroatoms. The summed E-state index contributed by atoms with van der Waals surface area (Å²) in [4.78, 5) is 67.0. The van der Waals surface area contributed by atoms with Crippen molar-refractivity contribution in [2.45, 2.75) is 38.1 Å². The molecule has 0 radical (unpaired) electrons. The van der Waals surface area contributed by atoms with Gasteiger partial charge >= 0.3 is 11.9 Å². The van der Waals surface area contributed by atoms with E-state index in [1.165, 1.54) is 19.1 Å². The highest BCUT2D eigenvalue weighted by Crippen LogP contribution is 2.30. The van der Waals surface area contributed by atoms with Crippen molar-refractivity contribution in [2.75, 3.05) is 14.2 Å². The van der Waals surface area contributed by atoms with Gasteiger partial charge in [0.25, 0.3) is 11.8 Å². The van der Waals surface area contributed by atoms with Gasteiger partial charge in [0, 0.05) is 104 Å². The second-order valence-corrected chi connectivity index (χ2v) is 11.1. The van der Waals surface area contributed by atoms with Crippen LogP contribution in [0.15, 0.2) is 244 Å². The summed E-state index contributed by atoms with van der Waals surface area (Å²) in [5, 5.41) is 0. The quantitative estimate of drug-likeness (QED) is 0.135. The Morgan fingerprint density at radius 3 is 0.985 bits per heavy atom. The van der Waals surface area contributed by atoms with E-state index in [2.05, 4.69) is 208 Å². The number of hydrogen-bond acceptors (Lipinski definition) is 9. The summed E-state index contributed by atoms with van der Waals surface area (Å²) >= 11 is 0. The third-order valence-electron chi connectivity index (χ3n) is 6.85. The van der Waals surface area contributed by atoms with Gasteiger partial charge in [-0.25, -0.2) is 9.59 Å². The number of hydrogen-bond donors (Lipinski definition) is 0. The molecule has 0 aliphatic carbocycles. The van der Waals surface area contributed by atoms with Crippen molar-refractivity contribution >= 4 is 29.5 Å². The van der Waals surface area contributed by atoms with Gasteiger partial charge in [-0.15, -0.1) is 0 Å². The molecule has 0 bridgehead atoms. The molecule has 2 heterocycles.